The van der Waals surface area contributed by atoms with E-state index in [9.17, 15) is 4.79 Å². The van der Waals surface area contributed by atoms with E-state index in [4.69, 9.17) is 0 Å². The van der Waals surface area contributed by atoms with Crippen molar-refractivity contribution in [1.29, 1.82) is 0 Å². The predicted octanol–water partition coefficient (Wildman–Crippen LogP) is 4.69. The highest BCUT2D eigenvalue weighted by Crippen LogP contribution is 2.27. The molecule has 0 bridgehead atoms. The number of carbonyl (C=O) groups is 1. The Morgan fingerprint density at radius 1 is 1.05 bits per heavy atom. The van der Waals surface area contributed by atoms with Gasteiger partial charge in [0.1, 0.15) is 0 Å². The summed E-state index contributed by atoms with van der Waals surface area (Å²) in [6, 6.07) is 18.0. The molecule has 0 atom stereocenters. The van der Waals surface area contributed by atoms with E-state index < -0.39 is 0 Å². The molecule has 1 aromatic heterocycles. The molecule has 3 aromatic rings. The Kier molecular flexibility index (Phi) is 3.18. The topological polar surface area (TPSA) is 17.1 Å². The Balaban J connectivity index is 1.98. The first kappa shape index (κ1) is 12.1. The minimum Gasteiger partial charge on any atom is -0.288 e. The molecule has 0 fully saturated rings. The zero-order valence-electron chi connectivity index (χ0n) is 10.7. The molecule has 1 nitrogen and oxygen atoms in total. The van der Waals surface area contributed by atoms with Gasteiger partial charge < -0.3 is 0 Å². The Labute approximate surface area is 116 Å². The van der Waals surface area contributed by atoms with Crippen LogP contribution in [0.5, 0.6) is 0 Å². The molecule has 2 aromatic carbocycles. The molecular weight excluding hydrogens is 252 g/mol. The van der Waals surface area contributed by atoms with Gasteiger partial charge in [0.15, 0.2) is 0 Å². The first-order chi connectivity index (χ1) is 9.28. The Hall–Kier alpha value is -1.93. The lowest BCUT2D eigenvalue weighted by Crippen LogP contribution is -1.98. The van der Waals surface area contributed by atoms with E-state index in [0.29, 0.717) is 0 Å². The van der Waals surface area contributed by atoms with Crippen LogP contribution in [0.4, 0.5) is 0 Å². The van der Waals surface area contributed by atoms with E-state index in [1.165, 1.54) is 5.56 Å². The van der Waals surface area contributed by atoms with Crippen LogP contribution in [0.1, 0.15) is 27.7 Å². The highest BCUT2D eigenvalue weighted by molar-refractivity contribution is 7.21. The molecule has 0 amide bonds. The zero-order chi connectivity index (χ0) is 13.2. The third-order valence-corrected chi connectivity index (χ3v) is 4.39. The van der Waals surface area contributed by atoms with Crippen LogP contribution < -0.4 is 0 Å². The van der Waals surface area contributed by atoms with E-state index >= 15 is 0 Å². The van der Waals surface area contributed by atoms with Crippen molar-refractivity contribution in [1.82, 2.24) is 0 Å². The molecule has 0 spiro atoms. The number of rotatable bonds is 3. The van der Waals surface area contributed by atoms with Crippen molar-refractivity contribution in [3.05, 3.63) is 70.6 Å². The van der Waals surface area contributed by atoms with Crippen molar-refractivity contribution in [3.63, 3.8) is 0 Å². The van der Waals surface area contributed by atoms with Crippen LogP contribution >= 0.6 is 11.3 Å². The number of thiophene rings is 1. The predicted molar refractivity (Wildman–Crippen MR) is 81.1 cm³/mol. The van der Waals surface area contributed by atoms with Gasteiger partial charge in [-0.15, -0.1) is 11.3 Å². The van der Waals surface area contributed by atoms with Crippen LogP contribution in [0.2, 0.25) is 0 Å². The van der Waals surface area contributed by atoms with Gasteiger partial charge in [-0.1, -0.05) is 49.4 Å². The van der Waals surface area contributed by atoms with Crippen LogP contribution in [0.3, 0.4) is 0 Å². The van der Waals surface area contributed by atoms with E-state index in [1.54, 1.807) is 11.3 Å². The summed E-state index contributed by atoms with van der Waals surface area (Å²) < 4.78 is 1.16. The quantitative estimate of drug-likeness (QED) is 0.628. The van der Waals surface area contributed by atoms with Gasteiger partial charge >= 0.3 is 0 Å². The molecule has 0 aliphatic carbocycles. The smallest absolute Gasteiger partial charge is 0.202 e. The maximum absolute atomic E-state index is 12.4. The minimum absolute atomic E-state index is 0.115. The Morgan fingerprint density at radius 3 is 2.47 bits per heavy atom. The summed E-state index contributed by atoms with van der Waals surface area (Å²) in [6.45, 7) is 2.11. The van der Waals surface area contributed by atoms with E-state index in [1.807, 2.05) is 48.5 Å². The maximum Gasteiger partial charge on any atom is 0.202 e. The molecular formula is C17H14OS. The summed E-state index contributed by atoms with van der Waals surface area (Å²) in [5.41, 5.74) is 2.02. The summed E-state index contributed by atoms with van der Waals surface area (Å²) in [4.78, 5) is 13.2. The van der Waals surface area contributed by atoms with Crippen LogP contribution in [-0.4, -0.2) is 5.78 Å². The average Bonchev–Trinajstić information content (AvgIpc) is 2.90. The van der Waals surface area contributed by atoms with Crippen molar-refractivity contribution < 1.29 is 4.79 Å². The van der Waals surface area contributed by atoms with Crippen LogP contribution in [0.25, 0.3) is 10.1 Å². The summed E-state index contributed by atoms with van der Waals surface area (Å²) in [7, 11) is 0. The van der Waals surface area contributed by atoms with Gasteiger partial charge in [-0.05, 0) is 29.5 Å². The number of hydrogen-bond acceptors (Lipinski definition) is 2. The maximum atomic E-state index is 12.4. The number of carbonyl (C=O) groups excluding carboxylic acids is 1. The molecule has 2 heteroatoms. The molecule has 0 N–H and O–H groups in total. The minimum atomic E-state index is 0.115. The second-order valence-electron chi connectivity index (χ2n) is 4.53. The second kappa shape index (κ2) is 4.98. The number of benzene rings is 2. The molecule has 19 heavy (non-hydrogen) atoms. The standard InChI is InChI=1S/C17H14OS/c1-2-12-7-9-13(10-8-12)17(18)16-11-14-5-3-4-6-15(14)19-16/h3-11H,2H2,1H3. The number of fused-ring (bicyclic) bond motifs is 1. The zero-order valence-corrected chi connectivity index (χ0v) is 11.5. The fourth-order valence-corrected chi connectivity index (χ4v) is 3.15. The highest BCUT2D eigenvalue weighted by atomic mass is 32.1. The normalized spacial score (nSPS) is 10.8. The van der Waals surface area contributed by atoms with Crippen molar-refractivity contribution >= 4 is 27.2 Å². The lowest BCUT2D eigenvalue weighted by Gasteiger charge is -2.00. The molecule has 3 rings (SSSR count). The molecule has 0 saturated heterocycles. The summed E-state index contributed by atoms with van der Waals surface area (Å²) in [5.74, 6) is 0.115. The molecule has 0 saturated carbocycles. The molecule has 0 aliphatic rings. The first-order valence-corrected chi connectivity index (χ1v) is 7.22. The van der Waals surface area contributed by atoms with Gasteiger partial charge in [0.05, 0.1) is 4.88 Å². The van der Waals surface area contributed by atoms with E-state index in [0.717, 1.165) is 26.9 Å². The van der Waals surface area contributed by atoms with Gasteiger partial charge in [0, 0.05) is 10.3 Å². The van der Waals surface area contributed by atoms with Gasteiger partial charge in [0.2, 0.25) is 5.78 Å². The third-order valence-electron chi connectivity index (χ3n) is 3.27. The average molecular weight is 266 g/mol. The number of aryl methyl sites for hydroxylation is 1. The summed E-state index contributed by atoms with van der Waals surface area (Å²) in [6.07, 6.45) is 0.997. The van der Waals surface area contributed by atoms with Gasteiger partial charge in [-0.3, -0.25) is 4.79 Å². The lowest BCUT2D eigenvalue weighted by atomic mass is 10.1. The SMILES string of the molecule is CCc1ccc(C(=O)c2cc3ccccc3s2)cc1. The lowest BCUT2D eigenvalue weighted by molar-refractivity contribution is 0.104. The van der Waals surface area contributed by atoms with E-state index in [-0.39, 0.29) is 5.78 Å². The summed E-state index contributed by atoms with van der Waals surface area (Å²) >= 11 is 1.56. The second-order valence-corrected chi connectivity index (χ2v) is 5.61. The van der Waals surface area contributed by atoms with Crippen LogP contribution in [0, 0.1) is 0 Å². The fourth-order valence-electron chi connectivity index (χ4n) is 2.13. The number of hydrogen-bond donors (Lipinski definition) is 0. The van der Waals surface area contributed by atoms with Crippen molar-refractivity contribution in [2.75, 3.05) is 0 Å². The van der Waals surface area contributed by atoms with Crippen molar-refractivity contribution in [2.24, 2.45) is 0 Å². The van der Waals surface area contributed by atoms with Gasteiger partial charge in [-0.25, -0.2) is 0 Å². The largest absolute Gasteiger partial charge is 0.288 e. The molecule has 1 heterocycles. The molecule has 94 valence electrons. The molecule has 0 unspecified atom stereocenters. The Bertz CT molecular complexity index is 689. The molecule has 0 radical (unpaired) electrons. The Morgan fingerprint density at radius 2 is 1.79 bits per heavy atom. The third kappa shape index (κ3) is 2.32. The highest BCUT2D eigenvalue weighted by Gasteiger charge is 2.12. The van der Waals surface area contributed by atoms with Gasteiger partial charge in [-0.2, -0.15) is 0 Å². The van der Waals surface area contributed by atoms with E-state index in [2.05, 4.69) is 13.0 Å². The van der Waals surface area contributed by atoms with Crippen molar-refractivity contribution in [3.8, 4) is 0 Å². The van der Waals surface area contributed by atoms with Crippen LogP contribution in [-0.2, 0) is 6.42 Å². The monoisotopic (exact) mass is 266 g/mol. The summed E-state index contributed by atoms with van der Waals surface area (Å²) in [5, 5.41) is 1.14. The number of ketones is 1. The van der Waals surface area contributed by atoms with Crippen molar-refractivity contribution in [2.45, 2.75) is 13.3 Å². The van der Waals surface area contributed by atoms with Gasteiger partial charge in [0.25, 0.3) is 0 Å². The molecule has 0 aliphatic heterocycles. The first-order valence-electron chi connectivity index (χ1n) is 6.40. The fraction of sp³-hybridized carbons (Fsp3) is 0.118. The van der Waals surface area contributed by atoms with Crippen LogP contribution in [0.15, 0.2) is 54.6 Å².